The fraction of sp³-hybridized carbons (Fsp3) is 0.250. The Morgan fingerprint density at radius 3 is 2.83 bits per heavy atom. The van der Waals surface area contributed by atoms with Crippen molar-refractivity contribution in [1.82, 2.24) is 0 Å². The number of carbonyl (C=O) groups excluding carboxylic acids is 1. The molecular formula is C8H9NO3. The van der Waals surface area contributed by atoms with E-state index in [-0.39, 0.29) is 5.71 Å². The largest absolute Gasteiger partial charge is 0.464 e. The summed E-state index contributed by atoms with van der Waals surface area (Å²) in [5, 5.41) is 0. The smallest absolute Gasteiger partial charge is 0.360 e. The van der Waals surface area contributed by atoms with Crippen molar-refractivity contribution in [2.24, 2.45) is 4.99 Å². The number of hydrogen-bond donors (Lipinski definition) is 0. The number of aliphatic imine (C=N–C) groups is 1. The maximum absolute atomic E-state index is 11.0. The maximum Gasteiger partial charge on any atom is 0.360 e. The number of nitrogens with zero attached hydrogens (tertiary/aromatic N) is 1. The number of rotatable bonds is 2. The molecule has 64 valence electrons. The van der Waals surface area contributed by atoms with Gasteiger partial charge in [-0.05, 0) is 12.1 Å². The van der Waals surface area contributed by atoms with Gasteiger partial charge in [0, 0.05) is 7.05 Å². The molecule has 0 unspecified atom stereocenters. The Kier molecular flexibility index (Phi) is 2.63. The first kappa shape index (κ1) is 8.52. The molecule has 0 amide bonds. The molecule has 0 saturated heterocycles. The zero-order chi connectivity index (χ0) is 8.97. The van der Waals surface area contributed by atoms with Crippen molar-refractivity contribution in [1.29, 1.82) is 0 Å². The second-order valence-corrected chi connectivity index (χ2v) is 2.04. The Morgan fingerprint density at radius 2 is 2.42 bits per heavy atom. The number of esters is 1. The van der Waals surface area contributed by atoms with Crippen LogP contribution in [0.5, 0.6) is 0 Å². The third kappa shape index (κ3) is 1.53. The highest BCUT2D eigenvalue weighted by atomic mass is 16.5. The summed E-state index contributed by atoms with van der Waals surface area (Å²) in [7, 11) is 2.81. The lowest BCUT2D eigenvalue weighted by atomic mass is 10.3. The van der Waals surface area contributed by atoms with Crippen LogP contribution in [-0.4, -0.2) is 25.8 Å². The predicted molar refractivity (Wildman–Crippen MR) is 43.2 cm³/mol. The van der Waals surface area contributed by atoms with Gasteiger partial charge < -0.3 is 9.15 Å². The minimum absolute atomic E-state index is 0.197. The molecule has 1 heterocycles. The summed E-state index contributed by atoms with van der Waals surface area (Å²) in [5.74, 6) is -0.0724. The first-order chi connectivity index (χ1) is 5.79. The van der Waals surface area contributed by atoms with Gasteiger partial charge in [0.15, 0.2) is 11.5 Å². The van der Waals surface area contributed by atoms with Gasteiger partial charge in [0.25, 0.3) is 0 Å². The van der Waals surface area contributed by atoms with Crippen LogP contribution in [0.2, 0.25) is 0 Å². The Bertz CT molecular complexity index is 287. The molecule has 4 nitrogen and oxygen atoms in total. The van der Waals surface area contributed by atoms with Crippen LogP contribution in [0.1, 0.15) is 5.76 Å². The fourth-order valence-corrected chi connectivity index (χ4v) is 0.812. The molecule has 0 N–H and O–H groups in total. The van der Waals surface area contributed by atoms with Crippen molar-refractivity contribution in [3.63, 3.8) is 0 Å². The number of carbonyl (C=O) groups is 1. The van der Waals surface area contributed by atoms with Crippen LogP contribution < -0.4 is 0 Å². The molecule has 0 aromatic carbocycles. The van der Waals surface area contributed by atoms with E-state index in [0.717, 1.165) is 0 Å². The molecule has 0 fully saturated rings. The van der Waals surface area contributed by atoms with Crippen LogP contribution in [0.25, 0.3) is 0 Å². The topological polar surface area (TPSA) is 51.8 Å². The van der Waals surface area contributed by atoms with Gasteiger partial charge in [-0.1, -0.05) is 0 Å². The number of furan rings is 1. The van der Waals surface area contributed by atoms with Crippen LogP contribution in [0, 0.1) is 0 Å². The minimum Gasteiger partial charge on any atom is -0.464 e. The van der Waals surface area contributed by atoms with E-state index in [2.05, 4.69) is 9.73 Å². The van der Waals surface area contributed by atoms with Crippen LogP contribution in [0.3, 0.4) is 0 Å². The highest BCUT2D eigenvalue weighted by molar-refractivity contribution is 6.42. The summed E-state index contributed by atoms with van der Waals surface area (Å²) >= 11 is 0. The minimum atomic E-state index is -0.493. The van der Waals surface area contributed by atoms with E-state index >= 15 is 0 Å². The molecule has 4 heteroatoms. The zero-order valence-corrected chi connectivity index (χ0v) is 6.90. The summed E-state index contributed by atoms with van der Waals surface area (Å²) in [6, 6.07) is 3.34. The van der Waals surface area contributed by atoms with Gasteiger partial charge in [-0.15, -0.1) is 0 Å². The van der Waals surface area contributed by atoms with E-state index in [4.69, 9.17) is 4.42 Å². The highest BCUT2D eigenvalue weighted by Gasteiger charge is 2.15. The molecule has 0 aliphatic heterocycles. The summed E-state index contributed by atoms with van der Waals surface area (Å²) < 4.78 is 9.48. The lowest BCUT2D eigenvalue weighted by molar-refractivity contribution is -0.132. The van der Waals surface area contributed by atoms with Crippen molar-refractivity contribution in [2.75, 3.05) is 14.2 Å². The lowest BCUT2D eigenvalue weighted by Crippen LogP contribution is -2.16. The van der Waals surface area contributed by atoms with Gasteiger partial charge in [0.05, 0.1) is 13.4 Å². The van der Waals surface area contributed by atoms with E-state index in [0.29, 0.717) is 5.76 Å². The maximum atomic E-state index is 11.0. The van der Waals surface area contributed by atoms with Gasteiger partial charge in [0.1, 0.15) is 0 Å². The molecule has 0 saturated carbocycles. The average Bonchev–Trinajstić information content (AvgIpc) is 2.58. The van der Waals surface area contributed by atoms with Crippen molar-refractivity contribution >= 4 is 11.7 Å². The Hall–Kier alpha value is -1.58. The lowest BCUT2D eigenvalue weighted by Gasteiger charge is -1.98. The third-order valence-corrected chi connectivity index (χ3v) is 1.36. The Morgan fingerprint density at radius 1 is 1.67 bits per heavy atom. The SMILES string of the molecule is CN=C(C(=O)OC)c1ccco1. The number of ether oxygens (including phenoxy) is 1. The van der Waals surface area contributed by atoms with Crippen molar-refractivity contribution in [3.05, 3.63) is 24.2 Å². The molecule has 0 aliphatic carbocycles. The van der Waals surface area contributed by atoms with E-state index < -0.39 is 5.97 Å². The van der Waals surface area contributed by atoms with Gasteiger partial charge >= 0.3 is 5.97 Å². The summed E-state index contributed by atoms with van der Waals surface area (Å²) in [6.45, 7) is 0. The molecular weight excluding hydrogens is 158 g/mol. The van der Waals surface area contributed by atoms with Crippen molar-refractivity contribution in [2.45, 2.75) is 0 Å². The first-order valence-electron chi connectivity index (χ1n) is 3.38. The van der Waals surface area contributed by atoms with Crippen LogP contribution in [0.15, 0.2) is 27.8 Å². The van der Waals surface area contributed by atoms with Crippen molar-refractivity contribution < 1.29 is 13.9 Å². The molecule has 1 rings (SSSR count). The number of methoxy groups -OCH3 is 1. The predicted octanol–water partition coefficient (Wildman–Crippen LogP) is 0.871. The van der Waals surface area contributed by atoms with E-state index in [1.807, 2.05) is 0 Å². The van der Waals surface area contributed by atoms with Crippen LogP contribution >= 0.6 is 0 Å². The average molecular weight is 167 g/mol. The fourth-order valence-electron chi connectivity index (χ4n) is 0.812. The van der Waals surface area contributed by atoms with E-state index in [9.17, 15) is 4.79 Å². The quantitative estimate of drug-likeness (QED) is 0.485. The molecule has 0 atom stereocenters. The molecule has 0 bridgehead atoms. The second kappa shape index (κ2) is 3.71. The molecule has 12 heavy (non-hydrogen) atoms. The first-order valence-corrected chi connectivity index (χ1v) is 3.38. The highest BCUT2D eigenvalue weighted by Crippen LogP contribution is 2.03. The van der Waals surface area contributed by atoms with Gasteiger partial charge in [-0.2, -0.15) is 0 Å². The monoisotopic (exact) mass is 167 g/mol. The standard InChI is InChI=1S/C8H9NO3/c1-9-7(8(10)11-2)6-4-3-5-12-6/h3-5H,1-2H3. The van der Waals surface area contributed by atoms with Crippen LogP contribution in [-0.2, 0) is 9.53 Å². The third-order valence-electron chi connectivity index (χ3n) is 1.36. The molecule has 1 aromatic heterocycles. The normalized spacial score (nSPS) is 11.3. The number of hydrogen-bond acceptors (Lipinski definition) is 4. The molecule has 1 aromatic rings. The van der Waals surface area contributed by atoms with Crippen molar-refractivity contribution in [3.8, 4) is 0 Å². The molecule has 0 radical (unpaired) electrons. The van der Waals surface area contributed by atoms with Gasteiger partial charge in [-0.25, -0.2) is 4.79 Å². The molecule has 0 spiro atoms. The second-order valence-electron chi connectivity index (χ2n) is 2.04. The summed E-state index contributed by atoms with van der Waals surface area (Å²) in [4.78, 5) is 14.8. The summed E-state index contributed by atoms with van der Waals surface area (Å²) in [6.07, 6.45) is 1.48. The van der Waals surface area contributed by atoms with Gasteiger partial charge in [0.2, 0.25) is 0 Å². The Balaban J connectivity index is 2.93. The van der Waals surface area contributed by atoms with Crippen LogP contribution in [0.4, 0.5) is 0 Å². The van der Waals surface area contributed by atoms with E-state index in [1.54, 1.807) is 12.1 Å². The Labute approximate surface area is 69.9 Å². The van der Waals surface area contributed by atoms with E-state index in [1.165, 1.54) is 20.4 Å². The molecule has 0 aliphatic rings. The zero-order valence-electron chi connectivity index (χ0n) is 6.90. The summed E-state index contributed by atoms with van der Waals surface area (Å²) in [5.41, 5.74) is 0.197. The van der Waals surface area contributed by atoms with Gasteiger partial charge in [-0.3, -0.25) is 4.99 Å².